The van der Waals surface area contributed by atoms with Gasteiger partial charge in [0.05, 0.1) is 0 Å². The lowest BCUT2D eigenvalue weighted by Crippen LogP contribution is -2.23. The Kier molecular flexibility index (Phi) is 6.83. The van der Waals surface area contributed by atoms with Gasteiger partial charge in [-0.15, -0.1) is 0 Å². The molecule has 0 spiro atoms. The third-order valence-electron chi connectivity index (χ3n) is 3.86. The molecule has 0 fully saturated rings. The van der Waals surface area contributed by atoms with Gasteiger partial charge in [0.15, 0.2) is 11.6 Å². The van der Waals surface area contributed by atoms with Crippen LogP contribution < -0.4 is 10.6 Å². The number of halogens is 2. The molecule has 138 valence electrons. The summed E-state index contributed by atoms with van der Waals surface area (Å²) in [5, 5.41) is 5.58. The van der Waals surface area contributed by atoms with Crippen molar-refractivity contribution in [1.82, 2.24) is 5.32 Å². The smallest absolute Gasteiger partial charge is 0.226 e. The normalized spacial score (nSPS) is 10.7. The van der Waals surface area contributed by atoms with E-state index in [1.165, 1.54) is 6.07 Å². The molecule has 2 rings (SSSR count). The third kappa shape index (κ3) is 5.95. The van der Waals surface area contributed by atoms with E-state index in [2.05, 4.69) is 10.6 Å². The minimum atomic E-state index is -0.910. The number of amides is 2. The summed E-state index contributed by atoms with van der Waals surface area (Å²) in [5.74, 6) is -2.13. The van der Waals surface area contributed by atoms with Gasteiger partial charge in [-0.2, -0.15) is 0 Å². The second-order valence-corrected chi connectivity index (χ2v) is 6.37. The minimum Gasteiger partial charge on any atom is -0.352 e. The lowest BCUT2D eigenvalue weighted by molar-refractivity contribution is -0.121. The molecule has 2 aromatic carbocycles. The van der Waals surface area contributed by atoms with Crippen LogP contribution in [0.1, 0.15) is 31.4 Å². The van der Waals surface area contributed by atoms with Crippen molar-refractivity contribution in [3.05, 3.63) is 65.2 Å². The summed E-state index contributed by atoms with van der Waals surface area (Å²) in [4.78, 5) is 23.5. The molecule has 0 aliphatic carbocycles. The maximum atomic E-state index is 13.1. The molecule has 2 amide bonds. The molecule has 0 aromatic heterocycles. The molecule has 4 nitrogen and oxygen atoms in total. The summed E-state index contributed by atoms with van der Waals surface area (Å²) in [5.41, 5.74) is 2.18. The van der Waals surface area contributed by atoms with E-state index in [-0.39, 0.29) is 24.2 Å². The molecule has 0 radical (unpaired) electrons. The zero-order valence-electron chi connectivity index (χ0n) is 14.8. The Morgan fingerprint density at radius 3 is 2.23 bits per heavy atom. The lowest BCUT2D eigenvalue weighted by Gasteiger charge is -2.09. The summed E-state index contributed by atoms with van der Waals surface area (Å²) in [7, 11) is 0. The van der Waals surface area contributed by atoms with Gasteiger partial charge in [0, 0.05) is 24.6 Å². The number of nitrogens with one attached hydrogen (secondary N) is 2. The summed E-state index contributed by atoms with van der Waals surface area (Å²) in [6.07, 6.45) is 0.525. The van der Waals surface area contributed by atoms with Crippen LogP contribution in [0.3, 0.4) is 0 Å². The largest absolute Gasteiger partial charge is 0.352 e. The van der Waals surface area contributed by atoms with Crippen LogP contribution in [0.15, 0.2) is 42.5 Å². The molecular weight excluding hydrogens is 338 g/mol. The van der Waals surface area contributed by atoms with Gasteiger partial charge in [0.1, 0.15) is 0 Å². The molecule has 6 heteroatoms. The van der Waals surface area contributed by atoms with Crippen molar-refractivity contribution in [1.29, 1.82) is 0 Å². The molecular formula is C20H22F2N2O2. The van der Waals surface area contributed by atoms with Gasteiger partial charge in [0.25, 0.3) is 0 Å². The van der Waals surface area contributed by atoms with Crippen molar-refractivity contribution in [3.63, 3.8) is 0 Å². The zero-order valence-corrected chi connectivity index (χ0v) is 14.8. The molecule has 0 saturated carbocycles. The van der Waals surface area contributed by atoms with Crippen molar-refractivity contribution in [3.8, 4) is 0 Å². The van der Waals surface area contributed by atoms with Crippen molar-refractivity contribution in [2.75, 3.05) is 5.32 Å². The van der Waals surface area contributed by atoms with E-state index < -0.39 is 11.6 Å². The molecule has 0 aliphatic heterocycles. The maximum absolute atomic E-state index is 13.1. The predicted octanol–water partition coefficient (Wildman–Crippen LogP) is 3.81. The first-order valence-electron chi connectivity index (χ1n) is 8.45. The topological polar surface area (TPSA) is 58.2 Å². The fraction of sp³-hybridized carbons (Fsp3) is 0.300. The van der Waals surface area contributed by atoms with E-state index >= 15 is 0 Å². The Bertz CT molecular complexity index is 774. The van der Waals surface area contributed by atoms with Crippen LogP contribution in [0.4, 0.5) is 14.5 Å². The van der Waals surface area contributed by atoms with Crippen molar-refractivity contribution in [2.45, 2.75) is 33.2 Å². The first kappa shape index (κ1) is 19.6. The Hall–Kier alpha value is -2.76. The van der Waals surface area contributed by atoms with Gasteiger partial charge in [-0.05, 0) is 41.8 Å². The average molecular weight is 360 g/mol. The molecule has 0 aliphatic rings. The van der Waals surface area contributed by atoms with Crippen LogP contribution in [-0.4, -0.2) is 11.8 Å². The highest BCUT2D eigenvalue weighted by Gasteiger charge is 2.08. The summed E-state index contributed by atoms with van der Waals surface area (Å²) < 4.78 is 26.0. The van der Waals surface area contributed by atoms with E-state index in [1.54, 1.807) is 12.1 Å². The second kappa shape index (κ2) is 9.08. The Balaban J connectivity index is 1.78. The van der Waals surface area contributed by atoms with Gasteiger partial charge in [-0.25, -0.2) is 8.78 Å². The quantitative estimate of drug-likeness (QED) is 0.789. The molecule has 2 aromatic rings. The predicted molar refractivity (Wildman–Crippen MR) is 96.4 cm³/mol. The Labute approximate surface area is 151 Å². The fourth-order valence-corrected chi connectivity index (χ4v) is 2.23. The van der Waals surface area contributed by atoms with Gasteiger partial charge >= 0.3 is 0 Å². The van der Waals surface area contributed by atoms with Crippen molar-refractivity contribution < 1.29 is 18.4 Å². The van der Waals surface area contributed by atoms with Gasteiger partial charge in [-0.3, -0.25) is 9.59 Å². The summed E-state index contributed by atoms with van der Waals surface area (Å²) in [6.45, 7) is 3.99. The number of benzene rings is 2. The highest BCUT2D eigenvalue weighted by Crippen LogP contribution is 2.12. The van der Waals surface area contributed by atoms with Crippen LogP contribution in [0.5, 0.6) is 0 Å². The molecule has 0 saturated heterocycles. The van der Waals surface area contributed by atoms with Crippen LogP contribution >= 0.6 is 0 Å². The fourth-order valence-electron chi connectivity index (χ4n) is 2.23. The maximum Gasteiger partial charge on any atom is 0.226 e. The summed E-state index contributed by atoms with van der Waals surface area (Å²) in [6, 6.07) is 10.8. The van der Waals surface area contributed by atoms with Gasteiger partial charge < -0.3 is 10.6 Å². The number of aryl methyl sites for hydroxylation is 1. The molecule has 0 atom stereocenters. The number of hydrogen-bond donors (Lipinski definition) is 2. The molecule has 2 N–H and O–H groups in total. The third-order valence-corrected chi connectivity index (χ3v) is 3.86. The monoisotopic (exact) mass is 360 g/mol. The van der Waals surface area contributed by atoms with E-state index in [0.717, 1.165) is 17.7 Å². The first-order valence-corrected chi connectivity index (χ1v) is 8.45. The zero-order chi connectivity index (χ0) is 19.1. The number of rotatable bonds is 7. The van der Waals surface area contributed by atoms with E-state index in [4.69, 9.17) is 0 Å². The van der Waals surface area contributed by atoms with Crippen LogP contribution in [-0.2, 0) is 22.6 Å². The van der Waals surface area contributed by atoms with E-state index in [9.17, 15) is 18.4 Å². The summed E-state index contributed by atoms with van der Waals surface area (Å²) >= 11 is 0. The lowest BCUT2D eigenvalue weighted by atomic mass is 10.1. The number of carbonyl (C=O) groups is 2. The Morgan fingerprint density at radius 2 is 1.62 bits per heavy atom. The standard InChI is InChI=1S/C20H22F2N2O2/c1-13(2)20(26)24-16-7-3-15(4-8-16)12-23-19(25)10-6-14-5-9-17(21)18(22)11-14/h3-5,7-9,11,13H,6,10,12H2,1-2H3,(H,23,25)(H,24,26). The van der Waals surface area contributed by atoms with Gasteiger partial charge in [-0.1, -0.05) is 32.0 Å². The van der Waals surface area contributed by atoms with Crippen LogP contribution in [0, 0.1) is 17.6 Å². The number of anilines is 1. The average Bonchev–Trinajstić information content (AvgIpc) is 2.62. The van der Waals surface area contributed by atoms with E-state index in [1.807, 2.05) is 26.0 Å². The second-order valence-electron chi connectivity index (χ2n) is 6.37. The van der Waals surface area contributed by atoms with E-state index in [0.29, 0.717) is 24.2 Å². The molecule has 0 unspecified atom stereocenters. The van der Waals surface area contributed by atoms with Crippen molar-refractivity contribution >= 4 is 17.5 Å². The number of carbonyl (C=O) groups excluding carboxylic acids is 2. The highest BCUT2D eigenvalue weighted by atomic mass is 19.2. The molecule has 0 heterocycles. The Morgan fingerprint density at radius 1 is 0.962 bits per heavy atom. The molecule has 26 heavy (non-hydrogen) atoms. The van der Waals surface area contributed by atoms with Crippen molar-refractivity contribution in [2.24, 2.45) is 5.92 Å². The van der Waals surface area contributed by atoms with Crippen LogP contribution in [0.2, 0.25) is 0 Å². The number of hydrogen-bond acceptors (Lipinski definition) is 2. The SMILES string of the molecule is CC(C)C(=O)Nc1ccc(CNC(=O)CCc2ccc(F)c(F)c2)cc1. The van der Waals surface area contributed by atoms with Crippen LogP contribution in [0.25, 0.3) is 0 Å². The molecule has 0 bridgehead atoms. The highest BCUT2D eigenvalue weighted by molar-refractivity contribution is 5.92. The van der Waals surface area contributed by atoms with Gasteiger partial charge in [0.2, 0.25) is 11.8 Å². The minimum absolute atomic E-state index is 0.0525. The first-order chi connectivity index (χ1) is 12.3.